The van der Waals surface area contributed by atoms with Crippen LogP contribution in [0.5, 0.6) is 0 Å². The summed E-state index contributed by atoms with van der Waals surface area (Å²) >= 11 is 0. The first-order chi connectivity index (χ1) is 10.1. The van der Waals surface area contributed by atoms with Gasteiger partial charge in [-0.25, -0.2) is 12.4 Å². The summed E-state index contributed by atoms with van der Waals surface area (Å²) in [7, 11) is -3.56. The van der Waals surface area contributed by atoms with E-state index in [1.807, 2.05) is 19.1 Å². The Bertz CT molecular complexity index is 710. The van der Waals surface area contributed by atoms with Crippen LogP contribution >= 0.6 is 0 Å². The molecular weight excluding hydrogens is 288 g/mol. The highest BCUT2D eigenvalue weighted by atomic mass is 32.2. The Kier molecular flexibility index (Phi) is 3.73. The van der Waals surface area contributed by atoms with Crippen molar-refractivity contribution in [3.63, 3.8) is 0 Å². The minimum Gasteiger partial charge on any atom is -0.377 e. The maximum atomic E-state index is 12.8. The molecule has 1 aliphatic heterocycles. The number of rotatable bonds is 3. The van der Waals surface area contributed by atoms with Gasteiger partial charge in [-0.3, -0.25) is 0 Å². The zero-order chi connectivity index (χ0) is 14.9. The van der Waals surface area contributed by atoms with Crippen molar-refractivity contribution in [2.45, 2.75) is 17.9 Å². The number of anilines is 1. The maximum Gasteiger partial charge on any atom is 0.269 e. The van der Waals surface area contributed by atoms with Gasteiger partial charge in [-0.15, -0.1) is 0 Å². The molecule has 0 amide bonds. The second-order valence-electron chi connectivity index (χ2n) is 5.10. The topological polar surface area (TPSA) is 51.5 Å². The molecule has 2 aromatic rings. The van der Waals surface area contributed by atoms with Gasteiger partial charge in [0.2, 0.25) is 0 Å². The molecule has 0 spiro atoms. The minimum atomic E-state index is -3.56. The minimum absolute atomic E-state index is 0.153. The molecule has 3 rings (SSSR count). The molecule has 0 aliphatic carbocycles. The van der Waals surface area contributed by atoms with E-state index in [2.05, 4.69) is 4.90 Å². The van der Waals surface area contributed by atoms with E-state index in [1.54, 1.807) is 36.7 Å². The number of aromatic nitrogens is 1. The summed E-state index contributed by atoms with van der Waals surface area (Å²) in [6.45, 7) is 3.96. The largest absolute Gasteiger partial charge is 0.377 e. The summed E-state index contributed by atoms with van der Waals surface area (Å²) in [5, 5.41) is 0. The van der Waals surface area contributed by atoms with E-state index < -0.39 is 10.0 Å². The third kappa shape index (κ3) is 2.56. The van der Waals surface area contributed by atoms with Crippen LogP contribution in [0.2, 0.25) is 0 Å². The summed E-state index contributed by atoms with van der Waals surface area (Å²) in [4.78, 5) is 2.43. The third-order valence-corrected chi connectivity index (χ3v) is 5.37. The average molecular weight is 306 g/mol. The number of ether oxygens (including phenoxy) is 1. The Morgan fingerprint density at radius 1 is 1.14 bits per heavy atom. The van der Waals surface area contributed by atoms with Crippen LogP contribution in [0.4, 0.5) is 5.69 Å². The first-order valence-corrected chi connectivity index (χ1v) is 8.36. The van der Waals surface area contributed by atoms with E-state index >= 15 is 0 Å². The molecule has 1 aromatic carbocycles. The van der Waals surface area contributed by atoms with E-state index in [0.29, 0.717) is 24.7 Å². The molecule has 2 heterocycles. The second kappa shape index (κ2) is 5.54. The van der Waals surface area contributed by atoms with Crippen LogP contribution < -0.4 is 4.90 Å². The number of hydrogen-bond acceptors (Lipinski definition) is 4. The van der Waals surface area contributed by atoms with Crippen molar-refractivity contribution in [3.8, 4) is 0 Å². The smallest absolute Gasteiger partial charge is 0.269 e. The van der Waals surface area contributed by atoms with Gasteiger partial charge in [-0.2, -0.15) is 0 Å². The van der Waals surface area contributed by atoms with Gasteiger partial charge in [0.05, 0.1) is 18.9 Å². The van der Waals surface area contributed by atoms with E-state index in [9.17, 15) is 8.42 Å². The SMILES string of the molecule is C[C@H]1COCCN1c1ccccc1S(=O)(=O)n1cccc1. The van der Waals surface area contributed by atoms with Gasteiger partial charge in [0.15, 0.2) is 0 Å². The summed E-state index contributed by atoms with van der Waals surface area (Å²) in [5.74, 6) is 0. The fraction of sp³-hybridized carbons (Fsp3) is 0.333. The number of hydrogen-bond donors (Lipinski definition) is 0. The normalized spacial score (nSPS) is 19.7. The van der Waals surface area contributed by atoms with E-state index in [-0.39, 0.29) is 6.04 Å². The fourth-order valence-corrected chi connectivity index (χ4v) is 3.98. The molecule has 0 saturated carbocycles. The predicted octanol–water partition coefficient (Wildman–Crippen LogP) is 1.95. The zero-order valence-corrected chi connectivity index (χ0v) is 12.7. The van der Waals surface area contributed by atoms with Crippen LogP contribution in [0, 0.1) is 0 Å². The molecule has 0 N–H and O–H groups in total. The van der Waals surface area contributed by atoms with E-state index in [0.717, 1.165) is 5.69 Å². The van der Waals surface area contributed by atoms with Crippen molar-refractivity contribution in [1.29, 1.82) is 0 Å². The number of nitrogens with zero attached hydrogens (tertiary/aromatic N) is 2. The van der Waals surface area contributed by atoms with Gasteiger partial charge in [-0.05, 0) is 31.2 Å². The van der Waals surface area contributed by atoms with Gasteiger partial charge < -0.3 is 9.64 Å². The lowest BCUT2D eigenvalue weighted by atomic mass is 10.2. The summed E-state index contributed by atoms with van der Waals surface area (Å²) in [6, 6.07) is 10.7. The molecule has 1 aliphatic rings. The van der Waals surface area contributed by atoms with Crippen LogP contribution in [0.15, 0.2) is 53.7 Å². The first kappa shape index (κ1) is 14.2. The molecule has 112 valence electrons. The van der Waals surface area contributed by atoms with Crippen molar-refractivity contribution < 1.29 is 13.2 Å². The van der Waals surface area contributed by atoms with E-state index in [4.69, 9.17) is 4.74 Å². The van der Waals surface area contributed by atoms with Crippen LogP contribution in [0.1, 0.15) is 6.92 Å². The Morgan fingerprint density at radius 3 is 2.57 bits per heavy atom. The van der Waals surface area contributed by atoms with Crippen LogP contribution in [-0.4, -0.2) is 38.2 Å². The molecule has 1 atom stereocenters. The molecule has 0 bridgehead atoms. The number of morpholine rings is 1. The number of benzene rings is 1. The van der Waals surface area contributed by atoms with Crippen LogP contribution in [-0.2, 0) is 14.8 Å². The molecule has 21 heavy (non-hydrogen) atoms. The standard InChI is InChI=1S/C15H18N2O3S/c1-13-12-20-11-10-17(13)14-6-2-3-7-15(14)21(18,19)16-8-4-5-9-16/h2-9,13H,10-12H2,1H3/t13-/m0/s1. The monoisotopic (exact) mass is 306 g/mol. The van der Waals surface area contributed by atoms with Crippen LogP contribution in [0.25, 0.3) is 0 Å². The highest BCUT2D eigenvalue weighted by Crippen LogP contribution is 2.29. The van der Waals surface area contributed by atoms with E-state index in [1.165, 1.54) is 3.97 Å². The van der Waals surface area contributed by atoms with Crippen molar-refractivity contribution in [3.05, 3.63) is 48.8 Å². The predicted molar refractivity (Wildman–Crippen MR) is 81.1 cm³/mol. The molecule has 5 nitrogen and oxygen atoms in total. The summed E-state index contributed by atoms with van der Waals surface area (Å²) < 4.78 is 32.2. The zero-order valence-electron chi connectivity index (χ0n) is 11.8. The van der Waals surface area contributed by atoms with Gasteiger partial charge in [0.1, 0.15) is 4.90 Å². The maximum absolute atomic E-state index is 12.8. The molecule has 0 radical (unpaired) electrons. The first-order valence-electron chi connectivity index (χ1n) is 6.92. The molecular formula is C15H18N2O3S. The highest BCUT2D eigenvalue weighted by Gasteiger charge is 2.26. The van der Waals surface area contributed by atoms with Gasteiger partial charge in [0, 0.05) is 25.0 Å². The lowest BCUT2D eigenvalue weighted by molar-refractivity contribution is 0.0987. The highest BCUT2D eigenvalue weighted by molar-refractivity contribution is 7.90. The average Bonchev–Trinajstić information content (AvgIpc) is 3.03. The molecule has 0 unspecified atom stereocenters. The molecule has 1 saturated heterocycles. The second-order valence-corrected chi connectivity index (χ2v) is 6.91. The Hall–Kier alpha value is -1.79. The van der Waals surface area contributed by atoms with Gasteiger partial charge >= 0.3 is 0 Å². The quantitative estimate of drug-likeness (QED) is 0.870. The van der Waals surface area contributed by atoms with Crippen molar-refractivity contribution in [2.24, 2.45) is 0 Å². The summed E-state index contributed by atoms with van der Waals surface area (Å²) in [6.07, 6.45) is 3.10. The van der Waals surface area contributed by atoms with Crippen molar-refractivity contribution in [2.75, 3.05) is 24.7 Å². The molecule has 1 fully saturated rings. The van der Waals surface area contributed by atoms with Gasteiger partial charge in [0.25, 0.3) is 10.0 Å². The lowest BCUT2D eigenvalue weighted by Gasteiger charge is -2.36. The number of para-hydroxylation sites is 1. The Labute approximate surface area is 124 Å². The summed E-state index contributed by atoms with van der Waals surface area (Å²) in [5.41, 5.74) is 0.738. The third-order valence-electron chi connectivity index (χ3n) is 3.67. The Balaban J connectivity index is 2.08. The lowest BCUT2D eigenvalue weighted by Crippen LogP contribution is -2.44. The molecule has 1 aromatic heterocycles. The Morgan fingerprint density at radius 2 is 1.86 bits per heavy atom. The van der Waals surface area contributed by atoms with Crippen LogP contribution in [0.3, 0.4) is 0 Å². The molecule has 6 heteroatoms. The van der Waals surface area contributed by atoms with Crippen molar-refractivity contribution >= 4 is 15.7 Å². The van der Waals surface area contributed by atoms with Gasteiger partial charge in [-0.1, -0.05) is 12.1 Å². The fourth-order valence-electron chi connectivity index (χ4n) is 2.59. The van der Waals surface area contributed by atoms with Crippen molar-refractivity contribution in [1.82, 2.24) is 3.97 Å².